The van der Waals surface area contributed by atoms with Gasteiger partial charge in [0, 0.05) is 41.9 Å². The molecule has 0 unspecified atom stereocenters. The summed E-state index contributed by atoms with van der Waals surface area (Å²) >= 11 is 2.00. The number of nitrogens with zero attached hydrogens (tertiary/aromatic N) is 2. The predicted octanol–water partition coefficient (Wildman–Crippen LogP) is 0.385. The fourth-order valence-corrected chi connectivity index (χ4v) is 0.850. The molecule has 0 spiro atoms. The maximum Gasteiger partial charge on any atom is 0.253 e. The van der Waals surface area contributed by atoms with Gasteiger partial charge in [-0.05, 0) is 0 Å². The quantitative estimate of drug-likeness (QED) is 0.482. The first-order valence-corrected chi connectivity index (χ1v) is 3.47. The summed E-state index contributed by atoms with van der Waals surface area (Å²) in [6.45, 7) is 0. The van der Waals surface area contributed by atoms with Crippen LogP contribution in [0.3, 0.4) is 0 Å². The van der Waals surface area contributed by atoms with E-state index in [1.165, 1.54) is 16.8 Å². The molecule has 1 aromatic rings. The Morgan fingerprint density at radius 1 is 1.78 bits per heavy atom. The second-order valence-corrected chi connectivity index (χ2v) is 2.58. The van der Waals surface area contributed by atoms with Gasteiger partial charge in [-0.3, -0.25) is 9.36 Å². The minimum Gasteiger partial charge on any atom is -0.291 e. The van der Waals surface area contributed by atoms with Gasteiger partial charge in [-0.25, -0.2) is 4.98 Å². The summed E-state index contributed by atoms with van der Waals surface area (Å²) in [6.07, 6.45) is 1.50. The van der Waals surface area contributed by atoms with Crippen LogP contribution in [-0.4, -0.2) is 9.55 Å². The lowest BCUT2D eigenvalue weighted by Crippen LogP contribution is -2.18. The van der Waals surface area contributed by atoms with Crippen LogP contribution < -0.4 is 5.56 Å². The van der Waals surface area contributed by atoms with Crippen molar-refractivity contribution < 1.29 is 0 Å². The van der Waals surface area contributed by atoms with Gasteiger partial charge in [0.2, 0.25) is 0 Å². The molecule has 3 nitrogen and oxygen atoms in total. The normalized spacial score (nSPS) is 9.56. The summed E-state index contributed by atoms with van der Waals surface area (Å²) < 4.78 is 2.20. The SMILES string of the molecule is Cn1c(I)nccc1=O. The highest BCUT2D eigenvalue weighted by atomic mass is 127. The smallest absolute Gasteiger partial charge is 0.253 e. The Hall–Kier alpha value is -0.390. The van der Waals surface area contributed by atoms with Crippen molar-refractivity contribution in [1.29, 1.82) is 0 Å². The molecule has 0 aliphatic carbocycles. The zero-order valence-corrected chi connectivity index (χ0v) is 6.99. The zero-order valence-electron chi connectivity index (χ0n) is 4.84. The third-order valence-corrected chi connectivity index (χ3v) is 2.01. The Bertz CT molecular complexity index is 268. The summed E-state index contributed by atoms with van der Waals surface area (Å²) in [7, 11) is 1.69. The van der Waals surface area contributed by atoms with Gasteiger partial charge in [-0.15, -0.1) is 0 Å². The molecular formula is C5H5IN2O. The van der Waals surface area contributed by atoms with E-state index < -0.39 is 0 Å². The van der Waals surface area contributed by atoms with Gasteiger partial charge >= 0.3 is 0 Å². The molecule has 48 valence electrons. The van der Waals surface area contributed by atoms with E-state index >= 15 is 0 Å². The molecule has 0 N–H and O–H groups in total. The van der Waals surface area contributed by atoms with Crippen LogP contribution in [-0.2, 0) is 7.05 Å². The van der Waals surface area contributed by atoms with Crippen molar-refractivity contribution >= 4 is 22.6 Å². The molecule has 0 radical (unpaired) electrons. The molecular weight excluding hydrogens is 231 g/mol. The molecule has 0 bridgehead atoms. The van der Waals surface area contributed by atoms with Crippen molar-refractivity contribution in [2.24, 2.45) is 7.05 Å². The van der Waals surface area contributed by atoms with Gasteiger partial charge in [0.15, 0.2) is 3.83 Å². The van der Waals surface area contributed by atoms with Gasteiger partial charge in [0.25, 0.3) is 5.56 Å². The second-order valence-electron chi connectivity index (χ2n) is 1.61. The number of hydrogen-bond donors (Lipinski definition) is 0. The van der Waals surface area contributed by atoms with E-state index in [0.717, 1.165) is 0 Å². The van der Waals surface area contributed by atoms with Gasteiger partial charge in [-0.2, -0.15) is 0 Å². The highest BCUT2D eigenvalue weighted by molar-refractivity contribution is 14.1. The molecule has 1 rings (SSSR count). The molecule has 0 aliphatic rings. The van der Waals surface area contributed by atoms with Crippen molar-refractivity contribution in [2.45, 2.75) is 0 Å². The summed E-state index contributed by atoms with van der Waals surface area (Å²) in [5, 5.41) is 0. The van der Waals surface area contributed by atoms with Crippen molar-refractivity contribution in [3.63, 3.8) is 0 Å². The topological polar surface area (TPSA) is 34.9 Å². The molecule has 0 atom stereocenters. The first kappa shape index (κ1) is 6.73. The van der Waals surface area contributed by atoms with Gasteiger partial charge < -0.3 is 0 Å². The van der Waals surface area contributed by atoms with Gasteiger partial charge in [-0.1, -0.05) is 0 Å². The van der Waals surface area contributed by atoms with Crippen LogP contribution in [0.1, 0.15) is 0 Å². The average Bonchev–Trinajstić information content (AvgIpc) is 1.83. The van der Waals surface area contributed by atoms with Crippen molar-refractivity contribution in [3.8, 4) is 0 Å². The van der Waals surface area contributed by atoms with Crippen LogP contribution >= 0.6 is 22.6 Å². The van der Waals surface area contributed by atoms with E-state index in [4.69, 9.17) is 0 Å². The van der Waals surface area contributed by atoms with E-state index in [1.807, 2.05) is 22.6 Å². The molecule has 9 heavy (non-hydrogen) atoms. The molecule has 0 saturated heterocycles. The fraction of sp³-hybridized carbons (Fsp3) is 0.200. The molecule has 0 fully saturated rings. The maximum absolute atomic E-state index is 10.8. The van der Waals surface area contributed by atoms with E-state index in [0.29, 0.717) is 3.83 Å². The number of aromatic nitrogens is 2. The van der Waals surface area contributed by atoms with Crippen LogP contribution in [0.2, 0.25) is 0 Å². The average molecular weight is 236 g/mol. The minimum atomic E-state index is -0.0191. The first-order chi connectivity index (χ1) is 4.22. The molecule has 4 heteroatoms. The van der Waals surface area contributed by atoms with Crippen molar-refractivity contribution in [3.05, 3.63) is 26.4 Å². The third kappa shape index (κ3) is 1.29. The number of hydrogen-bond acceptors (Lipinski definition) is 2. The Balaban J connectivity index is 3.43. The third-order valence-electron chi connectivity index (χ3n) is 1.01. The highest BCUT2D eigenvalue weighted by Gasteiger charge is 1.91. The lowest BCUT2D eigenvalue weighted by Gasteiger charge is -1.95. The Labute approximate surface area is 65.9 Å². The molecule has 1 aromatic heterocycles. The maximum atomic E-state index is 10.8. The monoisotopic (exact) mass is 236 g/mol. The van der Waals surface area contributed by atoms with E-state index in [2.05, 4.69) is 4.98 Å². The van der Waals surface area contributed by atoms with E-state index in [9.17, 15) is 4.79 Å². The fourth-order valence-electron chi connectivity index (χ4n) is 0.452. The molecule has 0 aliphatic heterocycles. The Morgan fingerprint density at radius 2 is 2.44 bits per heavy atom. The minimum absolute atomic E-state index is 0.0191. The Kier molecular flexibility index (Phi) is 1.84. The summed E-state index contributed by atoms with van der Waals surface area (Å²) in [5.41, 5.74) is -0.0191. The predicted molar refractivity (Wildman–Crippen MR) is 42.2 cm³/mol. The summed E-state index contributed by atoms with van der Waals surface area (Å²) in [4.78, 5) is 14.6. The lowest BCUT2D eigenvalue weighted by molar-refractivity contribution is 0.789. The number of halogens is 1. The van der Waals surface area contributed by atoms with E-state index in [-0.39, 0.29) is 5.56 Å². The Morgan fingerprint density at radius 3 is 2.89 bits per heavy atom. The lowest BCUT2D eigenvalue weighted by atomic mass is 10.6. The molecule has 0 aromatic carbocycles. The van der Waals surface area contributed by atoms with Crippen molar-refractivity contribution in [2.75, 3.05) is 0 Å². The van der Waals surface area contributed by atoms with Crippen LogP contribution in [0.15, 0.2) is 17.1 Å². The number of rotatable bonds is 0. The van der Waals surface area contributed by atoms with Gasteiger partial charge in [0.1, 0.15) is 0 Å². The highest BCUT2D eigenvalue weighted by Crippen LogP contribution is 1.91. The largest absolute Gasteiger partial charge is 0.291 e. The van der Waals surface area contributed by atoms with Crippen LogP contribution in [0, 0.1) is 3.83 Å². The first-order valence-electron chi connectivity index (χ1n) is 2.39. The van der Waals surface area contributed by atoms with E-state index in [1.54, 1.807) is 7.05 Å². The van der Waals surface area contributed by atoms with Crippen LogP contribution in [0.25, 0.3) is 0 Å². The van der Waals surface area contributed by atoms with Crippen LogP contribution in [0.5, 0.6) is 0 Å². The molecule has 1 heterocycles. The molecule has 0 amide bonds. The summed E-state index contributed by atoms with van der Waals surface area (Å²) in [5.74, 6) is 0. The summed E-state index contributed by atoms with van der Waals surface area (Å²) in [6, 6.07) is 1.43. The standard InChI is InChI=1S/C5H5IN2O/c1-8-4(9)2-3-7-5(8)6/h2-3H,1H3. The van der Waals surface area contributed by atoms with Crippen LogP contribution in [0.4, 0.5) is 0 Å². The molecule has 0 saturated carbocycles. The second kappa shape index (κ2) is 2.47. The zero-order chi connectivity index (χ0) is 6.85. The van der Waals surface area contributed by atoms with Crippen molar-refractivity contribution in [1.82, 2.24) is 9.55 Å². The van der Waals surface area contributed by atoms with Gasteiger partial charge in [0.05, 0.1) is 0 Å².